The Morgan fingerprint density at radius 2 is 1.74 bits per heavy atom. The number of hydrogen-bond donors (Lipinski definition) is 2. The SMILES string of the molecule is O=c1[nH]cnc(Nc2c(F)c(F)cc(F)c2F)c1Cl. The monoisotopic (exact) mass is 293 g/mol. The van der Waals surface area contributed by atoms with Gasteiger partial charge in [0.1, 0.15) is 10.7 Å². The van der Waals surface area contributed by atoms with Gasteiger partial charge in [-0.25, -0.2) is 22.5 Å². The molecule has 0 aliphatic rings. The van der Waals surface area contributed by atoms with Crippen LogP contribution in [0.25, 0.3) is 0 Å². The van der Waals surface area contributed by atoms with Crippen molar-refractivity contribution in [2.75, 3.05) is 5.32 Å². The summed E-state index contributed by atoms with van der Waals surface area (Å²) in [6.45, 7) is 0. The van der Waals surface area contributed by atoms with Gasteiger partial charge in [0.2, 0.25) is 0 Å². The van der Waals surface area contributed by atoms with Crippen molar-refractivity contribution >= 4 is 23.1 Å². The highest BCUT2D eigenvalue weighted by molar-refractivity contribution is 6.32. The first-order valence-corrected chi connectivity index (χ1v) is 5.12. The van der Waals surface area contributed by atoms with Crippen molar-refractivity contribution in [3.8, 4) is 0 Å². The molecule has 0 saturated heterocycles. The largest absolute Gasteiger partial charge is 0.334 e. The molecular formula is C10H4ClF4N3O. The van der Waals surface area contributed by atoms with Gasteiger partial charge >= 0.3 is 0 Å². The summed E-state index contributed by atoms with van der Waals surface area (Å²) in [6, 6.07) is 0.0582. The number of aromatic nitrogens is 2. The summed E-state index contributed by atoms with van der Waals surface area (Å²) in [5.41, 5.74) is -1.91. The second-order valence-corrected chi connectivity index (χ2v) is 3.74. The lowest BCUT2D eigenvalue weighted by Crippen LogP contribution is -2.11. The normalized spacial score (nSPS) is 10.6. The molecular weight excluding hydrogens is 290 g/mol. The lowest BCUT2D eigenvalue weighted by Gasteiger charge is -2.09. The number of rotatable bonds is 2. The Morgan fingerprint density at radius 1 is 1.16 bits per heavy atom. The van der Waals surface area contributed by atoms with Crippen molar-refractivity contribution < 1.29 is 17.6 Å². The second kappa shape index (κ2) is 4.88. The molecule has 0 unspecified atom stereocenters. The van der Waals surface area contributed by atoms with E-state index in [0.717, 1.165) is 6.33 Å². The topological polar surface area (TPSA) is 57.8 Å². The summed E-state index contributed by atoms with van der Waals surface area (Å²) in [4.78, 5) is 16.7. The van der Waals surface area contributed by atoms with Gasteiger partial charge in [-0.05, 0) is 0 Å². The van der Waals surface area contributed by atoms with Gasteiger partial charge < -0.3 is 10.3 Å². The number of nitrogens with one attached hydrogen (secondary N) is 2. The van der Waals surface area contributed by atoms with Crippen LogP contribution in [-0.2, 0) is 0 Å². The Hall–Kier alpha value is -2.09. The van der Waals surface area contributed by atoms with E-state index in [-0.39, 0.29) is 6.07 Å². The molecule has 0 aliphatic heterocycles. The first-order chi connectivity index (χ1) is 8.91. The van der Waals surface area contributed by atoms with E-state index in [4.69, 9.17) is 11.6 Å². The van der Waals surface area contributed by atoms with Crippen LogP contribution in [0.2, 0.25) is 5.02 Å². The van der Waals surface area contributed by atoms with Crippen molar-refractivity contribution in [3.63, 3.8) is 0 Å². The summed E-state index contributed by atoms with van der Waals surface area (Å²) in [5, 5.41) is 1.43. The van der Waals surface area contributed by atoms with Crippen LogP contribution < -0.4 is 10.9 Å². The molecule has 1 heterocycles. The smallest absolute Gasteiger partial charge is 0.271 e. The van der Waals surface area contributed by atoms with Crippen LogP contribution in [0.3, 0.4) is 0 Å². The Morgan fingerprint density at radius 3 is 2.32 bits per heavy atom. The van der Waals surface area contributed by atoms with Gasteiger partial charge in [-0.2, -0.15) is 0 Å². The number of halogens is 5. The van der Waals surface area contributed by atoms with Gasteiger partial charge in [0.15, 0.2) is 29.1 Å². The van der Waals surface area contributed by atoms with Crippen molar-refractivity contribution in [1.29, 1.82) is 0 Å². The third-order valence-corrected chi connectivity index (χ3v) is 2.50. The molecule has 0 saturated carbocycles. The molecule has 9 heteroatoms. The molecule has 0 radical (unpaired) electrons. The van der Waals surface area contributed by atoms with Crippen LogP contribution in [0.4, 0.5) is 29.1 Å². The molecule has 4 nitrogen and oxygen atoms in total. The first-order valence-electron chi connectivity index (χ1n) is 4.75. The van der Waals surface area contributed by atoms with Crippen LogP contribution in [0.5, 0.6) is 0 Å². The minimum absolute atomic E-state index is 0.0582. The average Bonchev–Trinajstić information content (AvgIpc) is 2.37. The van der Waals surface area contributed by atoms with E-state index in [2.05, 4.69) is 9.97 Å². The van der Waals surface area contributed by atoms with Gasteiger partial charge in [-0.15, -0.1) is 0 Å². The minimum atomic E-state index is -1.66. The zero-order chi connectivity index (χ0) is 14.2. The lowest BCUT2D eigenvalue weighted by molar-refractivity contribution is 0.459. The van der Waals surface area contributed by atoms with Crippen LogP contribution in [0.15, 0.2) is 17.2 Å². The zero-order valence-electron chi connectivity index (χ0n) is 8.90. The third-order valence-electron chi connectivity index (χ3n) is 2.15. The predicted octanol–water partition coefficient (Wildman–Crippen LogP) is 2.72. The number of nitrogens with zero attached hydrogens (tertiary/aromatic N) is 1. The Kier molecular flexibility index (Phi) is 3.43. The molecule has 0 fully saturated rings. The highest BCUT2D eigenvalue weighted by atomic mass is 35.5. The molecule has 1 aromatic heterocycles. The Bertz CT molecular complexity index is 678. The molecule has 0 amide bonds. The number of benzene rings is 1. The summed E-state index contributed by atoms with van der Waals surface area (Å²) in [5.74, 6) is -6.94. The molecule has 19 heavy (non-hydrogen) atoms. The highest BCUT2D eigenvalue weighted by Gasteiger charge is 2.20. The maximum Gasteiger partial charge on any atom is 0.271 e. The van der Waals surface area contributed by atoms with Gasteiger partial charge in [0.05, 0.1) is 6.33 Å². The third kappa shape index (κ3) is 2.39. The van der Waals surface area contributed by atoms with Crippen LogP contribution in [0.1, 0.15) is 0 Å². The van der Waals surface area contributed by atoms with Gasteiger partial charge in [0, 0.05) is 6.07 Å². The van der Waals surface area contributed by atoms with E-state index in [1.165, 1.54) is 0 Å². The van der Waals surface area contributed by atoms with Crippen LogP contribution in [0, 0.1) is 23.3 Å². The fraction of sp³-hybridized carbons (Fsp3) is 0. The van der Waals surface area contributed by atoms with Crippen molar-refractivity contribution in [2.24, 2.45) is 0 Å². The van der Waals surface area contributed by atoms with Gasteiger partial charge in [0.25, 0.3) is 5.56 Å². The summed E-state index contributed by atoms with van der Waals surface area (Å²) in [7, 11) is 0. The molecule has 1 aromatic carbocycles. The molecule has 0 spiro atoms. The molecule has 0 bridgehead atoms. The van der Waals surface area contributed by atoms with E-state index < -0.39 is 45.4 Å². The molecule has 100 valence electrons. The molecule has 2 rings (SSSR count). The molecule has 2 aromatic rings. The minimum Gasteiger partial charge on any atom is -0.334 e. The van der Waals surface area contributed by atoms with Crippen LogP contribution >= 0.6 is 11.6 Å². The van der Waals surface area contributed by atoms with Crippen molar-refractivity contribution in [1.82, 2.24) is 9.97 Å². The lowest BCUT2D eigenvalue weighted by atomic mass is 10.2. The molecule has 0 aliphatic carbocycles. The van der Waals surface area contributed by atoms with E-state index >= 15 is 0 Å². The van der Waals surface area contributed by atoms with Crippen molar-refractivity contribution in [3.05, 3.63) is 51.0 Å². The van der Waals surface area contributed by atoms with Gasteiger partial charge in [-0.1, -0.05) is 11.6 Å². The predicted molar refractivity (Wildman–Crippen MR) is 59.4 cm³/mol. The summed E-state index contributed by atoms with van der Waals surface area (Å²) < 4.78 is 52.6. The standard InChI is InChI=1S/C10H4ClF4N3O/c11-5-9(16-2-17-10(5)19)18-8-6(14)3(12)1-4(13)7(8)15/h1-2H,(H2,16,17,18,19). The fourth-order valence-corrected chi connectivity index (χ4v) is 1.42. The van der Waals surface area contributed by atoms with E-state index in [0.29, 0.717) is 0 Å². The van der Waals surface area contributed by atoms with Gasteiger partial charge in [-0.3, -0.25) is 4.79 Å². The van der Waals surface area contributed by atoms with E-state index in [9.17, 15) is 22.4 Å². The fourth-order valence-electron chi connectivity index (χ4n) is 1.27. The first kappa shape index (κ1) is 13.3. The maximum absolute atomic E-state index is 13.4. The number of anilines is 2. The van der Waals surface area contributed by atoms with Crippen LogP contribution in [-0.4, -0.2) is 9.97 Å². The quantitative estimate of drug-likeness (QED) is 0.661. The Balaban J connectivity index is 2.55. The summed E-state index contributed by atoms with van der Waals surface area (Å²) in [6.07, 6.45) is 0.905. The Labute approximate surface area is 108 Å². The van der Waals surface area contributed by atoms with E-state index in [1.807, 2.05) is 5.32 Å². The molecule has 2 N–H and O–H groups in total. The number of aromatic amines is 1. The van der Waals surface area contributed by atoms with Crippen molar-refractivity contribution in [2.45, 2.75) is 0 Å². The maximum atomic E-state index is 13.4. The average molecular weight is 294 g/mol. The molecule has 0 atom stereocenters. The zero-order valence-corrected chi connectivity index (χ0v) is 9.66. The number of H-pyrrole nitrogens is 1. The van der Waals surface area contributed by atoms with E-state index in [1.54, 1.807) is 0 Å². The highest BCUT2D eigenvalue weighted by Crippen LogP contribution is 2.28. The summed E-state index contributed by atoms with van der Waals surface area (Å²) >= 11 is 5.53. The number of hydrogen-bond acceptors (Lipinski definition) is 3. The second-order valence-electron chi connectivity index (χ2n) is 3.36.